The quantitative estimate of drug-likeness (QED) is 0.713. The van der Waals surface area contributed by atoms with Gasteiger partial charge in [0.05, 0.1) is 11.1 Å². The highest BCUT2D eigenvalue weighted by Crippen LogP contribution is 2.35. The Kier molecular flexibility index (Phi) is 5.43. The SMILES string of the molecule is Cn1c(=O)cc(C(=O)NCC2(c3ccc(Cl)cc3)CCOCC2)c2ccccc21. The number of halogens is 1. The Bertz CT molecular complexity index is 1100. The number of carbonyl (C=O) groups is 1. The predicted molar refractivity (Wildman–Crippen MR) is 115 cm³/mol. The number of amides is 1. The van der Waals surface area contributed by atoms with Crippen molar-refractivity contribution in [2.45, 2.75) is 18.3 Å². The summed E-state index contributed by atoms with van der Waals surface area (Å²) in [6.45, 7) is 1.76. The lowest BCUT2D eigenvalue weighted by Gasteiger charge is -2.38. The summed E-state index contributed by atoms with van der Waals surface area (Å²) < 4.78 is 7.12. The molecule has 1 saturated heterocycles. The molecule has 0 aliphatic carbocycles. The first-order valence-electron chi connectivity index (χ1n) is 9.71. The van der Waals surface area contributed by atoms with Crippen LogP contribution >= 0.6 is 11.6 Å². The Morgan fingerprint density at radius 2 is 1.83 bits per heavy atom. The number of benzene rings is 2. The average molecular weight is 411 g/mol. The van der Waals surface area contributed by atoms with Crippen LogP contribution in [0.25, 0.3) is 10.9 Å². The third kappa shape index (κ3) is 3.80. The van der Waals surface area contributed by atoms with Crippen LogP contribution in [0.1, 0.15) is 28.8 Å². The molecule has 1 aliphatic rings. The molecule has 29 heavy (non-hydrogen) atoms. The smallest absolute Gasteiger partial charge is 0.252 e. The van der Waals surface area contributed by atoms with E-state index in [9.17, 15) is 9.59 Å². The van der Waals surface area contributed by atoms with E-state index in [0.29, 0.717) is 30.3 Å². The van der Waals surface area contributed by atoms with Crippen LogP contribution in [0.4, 0.5) is 0 Å². The minimum Gasteiger partial charge on any atom is -0.381 e. The van der Waals surface area contributed by atoms with Gasteiger partial charge in [-0.05, 0) is 36.6 Å². The molecule has 0 radical (unpaired) electrons. The van der Waals surface area contributed by atoms with E-state index in [2.05, 4.69) is 5.32 Å². The number of nitrogens with one attached hydrogen (secondary N) is 1. The fourth-order valence-corrected chi connectivity index (χ4v) is 4.20. The van der Waals surface area contributed by atoms with E-state index in [-0.39, 0.29) is 16.9 Å². The molecule has 2 heterocycles. The van der Waals surface area contributed by atoms with Gasteiger partial charge < -0.3 is 14.6 Å². The first kappa shape index (κ1) is 19.7. The van der Waals surface area contributed by atoms with Crippen LogP contribution in [0.3, 0.4) is 0 Å². The van der Waals surface area contributed by atoms with Crippen molar-refractivity contribution in [2.24, 2.45) is 7.05 Å². The van der Waals surface area contributed by atoms with Crippen LogP contribution in [-0.2, 0) is 17.2 Å². The summed E-state index contributed by atoms with van der Waals surface area (Å²) >= 11 is 6.06. The molecule has 1 aromatic heterocycles. The Labute approximate surface area is 174 Å². The number of para-hydroxylation sites is 1. The third-order valence-corrected chi connectivity index (χ3v) is 6.14. The molecule has 1 fully saturated rings. The topological polar surface area (TPSA) is 60.3 Å². The summed E-state index contributed by atoms with van der Waals surface area (Å²) in [4.78, 5) is 25.4. The zero-order valence-electron chi connectivity index (χ0n) is 16.3. The first-order valence-corrected chi connectivity index (χ1v) is 10.1. The lowest BCUT2D eigenvalue weighted by Crippen LogP contribution is -2.44. The average Bonchev–Trinajstić information content (AvgIpc) is 2.76. The van der Waals surface area contributed by atoms with Crippen molar-refractivity contribution in [2.75, 3.05) is 19.8 Å². The summed E-state index contributed by atoms with van der Waals surface area (Å²) in [5.41, 5.74) is 1.87. The Balaban J connectivity index is 1.64. The minimum atomic E-state index is -0.237. The van der Waals surface area contributed by atoms with E-state index in [1.807, 2.05) is 48.5 Å². The second-order valence-electron chi connectivity index (χ2n) is 7.55. The Morgan fingerprint density at radius 1 is 1.14 bits per heavy atom. The van der Waals surface area contributed by atoms with Gasteiger partial charge in [0.25, 0.3) is 11.5 Å². The lowest BCUT2D eigenvalue weighted by atomic mass is 9.74. The van der Waals surface area contributed by atoms with Crippen LogP contribution in [-0.4, -0.2) is 30.2 Å². The molecule has 150 valence electrons. The van der Waals surface area contributed by atoms with Gasteiger partial charge in [-0.3, -0.25) is 9.59 Å². The number of aromatic nitrogens is 1. The van der Waals surface area contributed by atoms with Gasteiger partial charge in [0.15, 0.2) is 0 Å². The van der Waals surface area contributed by atoms with E-state index >= 15 is 0 Å². The number of carbonyl (C=O) groups excluding carboxylic acids is 1. The van der Waals surface area contributed by atoms with E-state index in [4.69, 9.17) is 16.3 Å². The van der Waals surface area contributed by atoms with Crippen molar-refractivity contribution in [1.29, 1.82) is 0 Å². The van der Waals surface area contributed by atoms with Crippen LogP contribution in [0.5, 0.6) is 0 Å². The number of hydrogen-bond acceptors (Lipinski definition) is 3. The lowest BCUT2D eigenvalue weighted by molar-refractivity contribution is 0.0487. The van der Waals surface area contributed by atoms with E-state index < -0.39 is 0 Å². The molecule has 3 aromatic rings. The molecule has 2 aromatic carbocycles. The maximum atomic E-state index is 13.1. The van der Waals surface area contributed by atoms with Crippen LogP contribution in [0.2, 0.25) is 5.02 Å². The van der Waals surface area contributed by atoms with Crippen molar-refractivity contribution >= 4 is 28.4 Å². The summed E-state index contributed by atoms with van der Waals surface area (Å²) in [7, 11) is 1.71. The molecular weight excluding hydrogens is 388 g/mol. The van der Waals surface area contributed by atoms with Crippen LogP contribution in [0.15, 0.2) is 59.4 Å². The zero-order valence-corrected chi connectivity index (χ0v) is 17.0. The molecule has 0 spiro atoms. The molecule has 4 rings (SSSR count). The summed E-state index contributed by atoms with van der Waals surface area (Å²) in [5.74, 6) is -0.237. The van der Waals surface area contributed by atoms with Gasteiger partial charge in [-0.15, -0.1) is 0 Å². The molecule has 0 unspecified atom stereocenters. The molecule has 0 atom stereocenters. The normalized spacial score (nSPS) is 15.9. The molecule has 1 aliphatic heterocycles. The maximum Gasteiger partial charge on any atom is 0.252 e. The molecule has 5 nitrogen and oxygen atoms in total. The van der Waals surface area contributed by atoms with E-state index in [0.717, 1.165) is 29.3 Å². The van der Waals surface area contributed by atoms with Crippen LogP contribution in [0, 0.1) is 0 Å². The molecule has 0 bridgehead atoms. The van der Waals surface area contributed by atoms with Crippen molar-refractivity contribution in [3.05, 3.63) is 81.1 Å². The number of nitrogens with zero attached hydrogens (tertiary/aromatic N) is 1. The summed E-state index contributed by atoms with van der Waals surface area (Å²) in [6, 6.07) is 16.7. The standard InChI is InChI=1S/C23H23ClN2O3/c1-26-20-5-3-2-4-18(20)19(14-21(26)27)22(28)25-15-23(10-12-29-13-11-23)16-6-8-17(24)9-7-16/h2-9,14H,10-13,15H2,1H3,(H,25,28). The first-order chi connectivity index (χ1) is 14.0. The third-order valence-electron chi connectivity index (χ3n) is 5.89. The second-order valence-corrected chi connectivity index (χ2v) is 7.99. The number of hydrogen-bond donors (Lipinski definition) is 1. The molecule has 6 heteroatoms. The van der Waals surface area contributed by atoms with Crippen molar-refractivity contribution in [3.63, 3.8) is 0 Å². The van der Waals surface area contributed by atoms with Crippen molar-refractivity contribution < 1.29 is 9.53 Å². The van der Waals surface area contributed by atoms with Gasteiger partial charge in [-0.25, -0.2) is 0 Å². The van der Waals surface area contributed by atoms with Gasteiger partial charge in [-0.1, -0.05) is 41.9 Å². The second kappa shape index (κ2) is 8.01. The fourth-order valence-electron chi connectivity index (χ4n) is 4.08. The Hall–Kier alpha value is -2.63. The highest BCUT2D eigenvalue weighted by atomic mass is 35.5. The van der Waals surface area contributed by atoms with Gasteiger partial charge >= 0.3 is 0 Å². The van der Waals surface area contributed by atoms with Crippen molar-refractivity contribution in [1.82, 2.24) is 9.88 Å². The predicted octanol–water partition coefficient (Wildman–Crippen LogP) is 3.67. The number of fused-ring (bicyclic) bond motifs is 1. The number of aryl methyl sites for hydroxylation is 1. The minimum absolute atomic E-state index is 0.202. The summed E-state index contributed by atoms with van der Waals surface area (Å²) in [6.07, 6.45) is 1.62. The number of rotatable bonds is 4. The highest BCUT2D eigenvalue weighted by Gasteiger charge is 2.35. The van der Waals surface area contributed by atoms with E-state index in [1.165, 1.54) is 6.07 Å². The van der Waals surface area contributed by atoms with Gasteiger partial charge in [0.2, 0.25) is 0 Å². The number of ether oxygens (including phenoxy) is 1. The maximum absolute atomic E-state index is 13.1. The molecule has 1 N–H and O–H groups in total. The van der Waals surface area contributed by atoms with Crippen molar-refractivity contribution in [3.8, 4) is 0 Å². The fraction of sp³-hybridized carbons (Fsp3) is 0.304. The number of pyridine rings is 1. The van der Waals surface area contributed by atoms with Gasteiger partial charge in [0.1, 0.15) is 0 Å². The largest absolute Gasteiger partial charge is 0.381 e. The van der Waals surface area contributed by atoms with E-state index in [1.54, 1.807) is 11.6 Å². The Morgan fingerprint density at radius 3 is 2.55 bits per heavy atom. The summed E-state index contributed by atoms with van der Waals surface area (Å²) in [5, 5.41) is 4.54. The monoisotopic (exact) mass is 410 g/mol. The highest BCUT2D eigenvalue weighted by molar-refractivity contribution is 6.30. The van der Waals surface area contributed by atoms with Crippen LogP contribution < -0.4 is 10.9 Å². The molecule has 1 amide bonds. The molecule has 0 saturated carbocycles. The van der Waals surface area contributed by atoms with Gasteiger partial charge in [0, 0.05) is 48.7 Å². The van der Waals surface area contributed by atoms with Gasteiger partial charge in [-0.2, -0.15) is 0 Å². The zero-order chi connectivity index (χ0) is 20.4. The molecular formula is C23H23ClN2O3.